The molecule has 138 valence electrons. The maximum atomic E-state index is 13.6. The molecule has 3 aromatic rings. The van der Waals surface area contributed by atoms with Gasteiger partial charge in [-0.2, -0.15) is 0 Å². The van der Waals surface area contributed by atoms with Crippen LogP contribution in [0.5, 0.6) is 0 Å². The Labute approximate surface area is 155 Å². The summed E-state index contributed by atoms with van der Waals surface area (Å²) in [5, 5.41) is 9.94. The van der Waals surface area contributed by atoms with Crippen LogP contribution in [0.2, 0.25) is 0 Å². The number of carboxylic acid groups (broad SMARTS) is 1. The normalized spacial score (nSPS) is 11.5. The minimum atomic E-state index is -3.39. The van der Waals surface area contributed by atoms with Crippen LogP contribution in [0.4, 0.5) is 4.39 Å². The van der Waals surface area contributed by atoms with E-state index in [9.17, 15) is 22.4 Å². The third-order valence-electron chi connectivity index (χ3n) is 4.12. The first-order chi connectivity index (χ1) is 12.6. The number of benzene rings is 3. The minimum absolute atomic E-state index is 0.0885. The second-order valence-corrected chi connectivity index (χ2v) is 8.22. The van der Waals surface area contributed by atoms with Crippen molar-refractivity contribution >= 4 is 32.4 Å². The Morgan fingerprint density at radius 1 is 1.00 bits per heavy atom. The highest BCUT2D eigenvalue weighted by molar-refractivity contribution is 7.90. The van der Waals surface area contributed by atoms with E-state index < -0.39 is 27.4 Å². The lowest BCUT2D eigenvalue weighted by Gasteiger charge is -2.10. The van der Waals surface area contributed by atoms with Crippen LogP contribution in [0.1, 0.15) is 21.5 Å². The van der Waals surface area contributed by atoms with Crippen molar-refractivity contribution < 1.29 is 27.5 Å². The number of carbonyl (C=O) groups excluding carboxylic acids is 1. The molecule has 0 bridgehead atoms. The second kappa shape index (κ2) is 6.92. The van der Waals surface area contributed by atoms with Gasteiger partial charge in [0, 0.05) is 17.4 Å². The van der Waals surface area contributed by atoms with E-state index in [4.69, 9.17) is 5.11 Å². The lowest BCUT2D eigenvalue weighted by Crippen LogP contribution is -2.07. The Morgan fingerprint density at radius 2 is 1.67 bits per heavy atom. The van der Waals surface area contributed by atoms with Gasteiger partial charge in [-0.15, -0.1) is 0 Å². The molecule has 1 N–H and O–H groups in total. The van der Waals surface area contributed by atoms with Crippen LogP contribution in [0, 0.1) is 5.82 Å². The summed E-state index contributed by atoms with van der Waals surface area (Å²) < 4.78 is 36.7. The van der Waals surface area contributed by atoms with Crippen LogP contribution in [-0.4, -0.2) is 31.5 Å². The number of hydrogen-bond acceptors (Lipinski definition) is 4. The Morgan fingerprint density at radius 3 is 2.26 bits per heavy atom. The average molecular weight is 386 g/mol. The van der Waals surface area contributed by atoms with Crippen molar-refractivity contribution in [1.82, 2.24) is 0 Å². The fourth-order valence-electron chi connectivity index (χ4n) is 2.88. The quantitative estimate of drug-likeness (QED) is 0.680. The number of halogens is 1. The minimum Gasteiger partial charge on any atom is -0.481 e. The van der Waals surface area contributed by atoms with E-state index in [1.54, 1.807) is 0 Å². The van der Waals surface area contributed by atoms with Gasteiger partial charge < -0.3 is 5.11 Å². The number of hydrogen-bond donors (Lipinski definition) is 1. The number of carboxylic acids is 1. The highest BCUT2D eigenvalue weighted by atomic mass is 32.2. The molecule has 3 aromatic carbocycles. The zero-order chi connectivity index (χ0) is 19.8. The largest absolute Gasteiger partial charge is 0.481 e. The molecule has 7 heteroatoms. The van der Waals surface area contributed by atoms with Gasteiger partial charge in [-0.3, -0.25) is 9.59 Å². The Hall–Kier alpha value is -3.06. The summed E-state index contributed by atoms with van der Waals surface area (Å²) in [7, 11) is -3.39. The van der Waals surface area contributed by atoms with Crippen molar-refractivity contribution in [2.24, 2.45) is 0 Å². The highest BCUT2D eigenvalue weighted by Crippen LogP contribution is 2.25. The van der Waals surface area contributed by atoms with Gasteiger partial charge in [-0.05, 0) is 58.8 Å². The third kappa shape index (κ3) is 4.03. The molecule has 0 aliphatic rings. The molecule has 0 aliphatic carbocycles. The van der Waals surface area contributed by atoms with Gasteiger partial charge in [0.05, 0.1) is 11.3 Å². The van der Waals surface area contributed by atoms with E-state index in [1.807, 2.05) is 0 Å². The molecule has 0 saturated heterocycles. The second-order valence-electron chi connectivity index (χ2n) is 6.21. The van der Waals surface area contributed by atoms with E-state index in [1.165, 1.54) is 54.6 Å². The van der Waals surface area contributed by atoms with Gasteiger partial charge in [0.2, 0.25) is 0 Å². The Balaban J connectivity index is 2.14. The highest BCUT2D eigenvalue weighted by Gasteiger charge is 2.17. The molecule has 0 unspecified atom stereocenters. The Kier molecular flexibility index (Phi) is 4.80. The number of sulfone groups is 1. The van der Waals surface area contributed by atoms with Crippen molar-refractivity contribution in [1.29, 1.82) is 0 Å². The topological polar surface area (TPSA) is 88.5 Å². The number of ketones is 1. The van der Waals surface area contributed by atoms with Crippen molar-refractivity contribution in [2.45, 2.75) is 11.3 Å². The van der Waals surface area contributed by atoms with Gasteiger partial charge >= 0.3 is 5.97 Å². The molecule has 0 fully saturated rings. The fraction of sp³-hybridized carbons (Fsp3) is 0.100. The molecule has 0 amide bonds. The average Bonchev–Trinajstić information content (AvgIpc) is 2.59. The number of rotatable bonds is 5. The predicted molar refractivity (Wildman–Crippen MR) is 98.2 cm³/mol. The first-order valence-electron chi connectivity index (χ1n) is 7.94. The molecule has 5 nitrogen and oxygen atoms in total. The van der Waals surface area contributed by atoms with Crippen LogP contribution in [0.25, 0.3) is 10.8 Å². The van der Waals surface area contributed by atoms with Crippen molar-refractivity contribution in [3.8, 4) is 0 Å². The van der Waals surface area contributed by atoms with Crippen LogP contribution in [0.15, 0.2) is 59.5 Å². The van der Waals surface area contributed by atoms with E-state index in [-0.39, 0.29) is 22.4 Å². The summed E-state index contributed by atoms with van der Waals surface area (Å²) in [5.74, 6) is -1.97. The van der Waals surface area contributed by atoms with E-state index >= 15 is 0 Å². The molecule has 0 radical (unpaired) electrons. The molecule has 0 spiro atoms. The number of aliphatic carboxylic acids is 1. The molecule has 0 heterocycles. The fourth-order valence-corrected chi connectivity index (χ4v) is 3.51. The maximum absolute atomic E-state index is 13.6. The molecule has 0 saturated carbocycles. The summed E-state index contributed by atoms with van der Waals surface area (Å²) in [4.78, 5) is 24.1. The molecular weight excluding hydrogens is 371 g/mol. The van der Waals surface area contributed by atoms with E-state index in [0.717, 1.165) is 6.26 Å². The van der Waals surface area contributed by atoms with Gasteiger partial charge in [0.25, 0.3) is 0 Å². The Bertz CT molecular complexity index is 1160. The molecule has 27 heavy (non-hydrogen) atoms. The first-order valence-corrected chi connectivity index (χ1v) is 9.83. The lowest BCUT2D eigenvalue weighted by atomic mass is 9.94. The van der Waals surface area contributed by atoms with E-state index in [0.29, 0.717) is 16.3 Å². The summed E-state index contributed by atoms with van der Waals surface area (Å²) in [6.45, 7) is 0. The molecule has 0 aromatic heterocycles. The van der Waals surface area contributed by atoms with Crippen LogP contribution in [-0.2, 0) is 21.1 Å². The smallest absolute Gasteiger partial charge is 0.307 e. The maximum Gasteiger partial charge on any atom is 0.307 e. The first kappa shape index (κ1) is 18.7. The molecule has 3 rings (SSSR count). The standard InChI is InChI=1S/C20H15FO5S/c1-27(25,26)16-5-2-13(3-6-16)20(24)18-9-12(10-19(22)23)8-14-11-15(21)4-7-17(14)18/h2-9,11H,10H2,1H3,(H,22,23). The summed E-state index contributed by atoms with van der Waals surface area (Å²) in [6.07, 6.45) is 0.765. The van der Waals surface area contributed by atoms with Gasteiger partial charge in [0.15, 0.2) is 15.6 Å². The van der Waals surface area contributed by atoms with Crippen molar-refractivity contribution in [3.05, 3.63) is 77.1 Å². The van der Waals surface area contributed by atoms with Crippen LogP contribution < -0.4 is 0 Å². The van der Waals surface area contributed by atoms with E-state index in [2.05, 4.69) is 0 Å². The van der Waals surface area contributed by atoms with Crippen LogP contribution >= 0.6 is 0 Å². The number of carbonyl (C=O) groups is 2. The lowest BCUT2D eigenvalue weighted by molar-refractivity contribution is -0.136. The summed E-state index contributed by atoms with van der Waals surface area (Å²) in [6, 6.07) is 12.4. The van der Waals surface area contributed by atoms with Crippen molar-refractivity contribution in [2.75, 3.05) is 6.26 Å². The van der Waals surface area contributed by atoms with Gasteiger partial charge in [-0.25, -0.2) is 12.8 Å². The van der Waals surface area contributed by atoms with Gasteiger partial charge in [0.1, 0.15) is 5.82 Å². The van der Waals surface area contributed by atoms with Crippen LogP contribution in [0.3, 0.4) is 0 Å². The summed E-state index contributed by atoms with van der Waals surface area (Å²) in [5.41, 5.74) is 0.855. The van der Waals surface area contributed by atoms with Gasteiger partial charge in [-0.1, -0.05) is 12.1 Å². The molecular formula is C20H15FO5S. The zero-order valence-electron chi connectivity index (χ0n) is 14.3. The molecule has 0 aliphatic heterocycles. The third-order valence-corrected chi connectivity index (χ3v) is 5.25. The zero-order valence-corrected chi connectivity index (χ0v) is 15.1. The molecule has 0 atom stereocenters. The summed E-state index contributed by atoms with van der Waals surface area (Å²) >= 11 is 0. The number of fused-ring (bicyclic) bond motifs is 1. The SMILES string of the molecule is CS(=O)(=O)c1ccc(C(=O)c2cc(CC(=O)O)cc3cc(F)ccc23)cc1. The monoisotopic (exact) mass is 386 g/mol. The van der Waals surface area contributed by atoms with Crippen molar-refractivity contribution in [3.63, 3.8) is 0 Å². The predicted octanol–water partition coefficient (Wildman–Crippen LogP) is 3.24.